The predicted molar refractivity (Wildman–Crippen MR) is 97.1 cm³/mol. The number of hydrogen-bond acceptors (Lipinski definition) is 4. The average Bonchev–Trinajstić information content (AvgIpc) is 2.97. The molecule has 0 unspecified atom stereocenters. The lowest BCUT2D eigenvalue weighted by Gasteiger charge is -2.17. The molecule has 0 spiro atoms. The Morgan fingerprint density at radius 1 is 1.00 bits per heavy atom. The zero-order chi connectivity index (χ0) is 17.3. The van der Waals surface area contributed by atoms with Gasteiger partial charge in [0.1, 0.15) is 0 Å². The van der Waals surface area contributed by atoms with Crippen LogP contribution < -0.4 is 4.90 Å². The lowest BCUT2D eigenvalue weighted by molar-refractivity contribution is 0.582. The minimum absolute atomic E-state index is 0.243. The van der Waals surface area contributed by atoms with Crippen molar-refractivity contribution in [2.75, 3.05) is 18.0 Å². The highest BCUT2D eigenvalue weighted by atomic mass is 32.2. The number of hydrogen-bond donors (Lipinski definition) is 0. The van der Waals surface area contributed by atoms with Crippen molar-refractivity contribution in [3.63, 3.8) is 0 Å². The van der Waals surface area contributed by atoms with Gasteiger partial charge in [0.05, 0.1) is 10.4 Å². The molecule has 0 aliphatic carbocycles. The van der Waals surface area contributed by atoms with Gasteiger partial charge >= 0.3 is 0 Å². The van der Waals surface area contributed by atoms with E-state index in [1.54, 1.807) is 30.3 Å². The van der Waals surface area contributed by atoms with Gasteiger partial charge in [0, 0.05) is 18.5 Å². The largest absolute Gasteiger partial charge is 0.355 e. The lowest BCUT2D eigenvalue weighted by atomic mass is 10.2. The number of fused-ring (bicyclic) bond motifs is 1. The molecule has 0 radical (unpaired) electrons. The monoisotopic (exact) mass is 343 g/mol. The van der Waals surface area contributed by atoms with E-state index in [0.29, 0.717) is 11.3 Å². The van der Waals surface area contributed by atoms with E-state index in [1.165, 1.54) is 0 Å². The summed E-state index contributed by atoms with van der Waals surface area (Å²) in [7, 11) is -3.73. The summed E-state index contributed by atoms with van der Waals surface area (Å²) in [5.41, 5.74) is 1.61. The van der Waals surface area contributed by atoms with Crippen LogP contribution in [-0.2, 0) is 10.0 Å². The lowest BCUT2D eigenvalue weighted by Crippen LogP contribution is -2.23. The maximum Gasteiger partial charge on any atom is 0.283 e. The van der Waals surface area contributed by atoms with Crippen molar-refractivity contribution in [2.45, 2.75) is 25.7 Å². The molecule has 0 atom stereocenters. The summed E-state index contributed by atoms with van der Waals surface area (Å²) < 4.78 is 27.3. The molecular weight excluding hydrogens is 322 g/mol. The fourth-order valence-electron chi connectivity index (χ4n) is 2.77. The van der Waals surface area contributed by atoms with Gasteiger partial charge in [0.15, 0.2) is 5.82 Å². The molecule has 5 nitrogen and oxygen atoms in total. The van der Waals surface area contributed by atoms with Gasteiger partial charge in [-0.2, -0.15) is 12.5 Å². The van der Waals surface area contributed by atoms with Crippen molar-refractivity contribution < 1.29 is 8.42 Å². The molecule has 0 N–H and O–H groups in total. The van der Waals surface area contributed by atoms with E-state index in [4.69, 9.17) is 0 Å². The highest BCUT2D eigenvalue weighted by Crippen LogP contribution is 2.28. The number of rotatable bonds is 5. The van der Waals surface area contributed by atoms with Gasteiger partial charge in [0.2, 0.25) is 0 Å². The Labute approximate surface area is 142 Å². The minimum Gasteiger partial charge on any atom is -0.355 e. The van der Waals surface area contributed by atoms with Gasteiger partial charge in [-0.25, -0.2) is 0 Å². The maximum absolute atomic E-state index is 13.1. The Morgan fingerprint density at radius 3 is 2.25 bits per heavy atom. The molecule has 0 fully saturated rings. The van der Waals surface area contributed by atoms with E-state index in [9.17, 15) is 8.42 Å². The third-order valence-corrected chi connectivity index (χ3v) is 5.75. The van der Waals surface area contributed by atoms with Gasteiger partial charge in [-0.3, -0.25) is 0 Å². The average molecular weight is 343 g/mol. The Hall–Kier alpha value is -2.34. The summed E-state index contributed by atoms with van der Waals surface area (Å²) in [6.07, 6.45) is 0. The first-order valence-corrected chi connectivity index (χ1v) is 9.48. The molecule has 24 heavy (non-hydrogen) atoms. The molecule has 1 aromatic heterocycles. The van der Waals surface area contributed by atoms with Crippen molar-refractivity contribution in [3.8, 4) is 0 Å². The molecule has 0 aliphatic rings. The molecule has 2 aromatic carbocycles. The van der Waals surface area contributed by atoms with Crippen molar-refractivity contribution in [2.24, 2.45) is 0 Å². The Bertz CT molecular complexity index is 956. The maximum atomic E-state index is 13.1. The van der Waals surface area contributed by atoms with Crippen LogP contribution in [0, 0.1) is 6.92 Å². The number of anilines is 1. The molecule has 0 saturated heterocycles. The van der Waals surface area contributed by atoms with Gasteiger partial charge in [-0.05, 0) is 45.0 Å². The summed E-state index contributed by atoms with van der Waals surface area (Å²) in [6.45, 7) is 7.53. The Morgan fingerprint density at radius 2 is 1.62 bits per heavy atom. The number of benzene rings is 2. The molecule has 0 aliphatic heterocycles. The first kappa shape index (κ1) is 16.5. The molecule has 1 heterocycles. The predicted octanol–water partition coefficient (Wildman–Crippen LogP) is 3.43. The van der Waals surface area contributed by atoms with E-state index in [0.717, 1.165) is 28.1 Å². The zero-order valence-corrected chi connectivity index (χ0v) is 14.9. The normalized spacial score (nSPS) is 11.8. The van der Waals surface area contributed by atoms with Crippen LogP contribution in [0.3, 0.4) is 0 Å². The molecule has 0 bridgehead atoms. The van der Waals surface area contributed by atoms with E-state index in [1.807, 2.05) is 39.0 Å². The fraction of sp³-hybridized carbons (Fsp3) is 0.278. The minimum atomic E-state index is -3.73. The van der Waals surface area contributed by atoms with Gasteiger partial charge in [0.25, 0.3) is 10.0 Å². The highest BCUT2D eigenvalue weighted by Gasteiger charge is 2.24. The van der Waals surface area contributed by atoms with Crippen molar-refractivity contribution in [1.82, 2.24) is 9.19 Å². The van der Waals surface area contributed by atoms with Crippen molar-refractivity contribution in [1.29, 1.82) is 0 Å². The van der Waals surface area contributed by atoms with Crippen LogP contribution in [-0.4, -0.2) is 30.7 Å². The molecule has 6 heteroatoms. The van der Waals surface area contributed by atoms with Crippen LogP contribution in [0.4, 0.5) is 5.82 Å². The van der Waals surface area contributed by atoms with Gasteiger partial charge in [-0.1, -0.05) is 29.8 Å². The Kier molecular flexibility index (Phi) is 4.32. The second kappa shape index (κ2) is 6.28. The molecule has 126 valence electrons. The molecule has 3 aromatic rings. The fourth-order valence-corrected chi connectivity index (χ4v) is 4.06. The smallest absolute Gasteiger partial charge is 0.283 e. The number of aromatic nitrogens is 2. The van der Waals surface area contributed by atoms with E-state index >= 15 is 0 Å². The summed E-state index contributed by atoms with van der Waals surface area (Å²) in [4.78, 5) is 2.30. The molecule has 0 saturated carbocycles. The summed E-state index contributed by atoms with van der Waals surface area (Å²) in [5, 5.41) is 5.30. The molecule has 0 amide bonds. The van der Waals surface area contributed by atoms with E-state index in [-0.39, 0.29) is 4.90 Å². The van der Waals surface area contributed by atoms with Crippen LogP contribution in [0.2, 0.25) is 0 Å². The highest BCUT2D eigenvalue weighted by molar-refractivity contribution is 7.90. The zero-order valence-electron chi connectivity index (χ0n) is 14.1. The van der Waals surface area contributed by atoms with Crippen LogP contribution in [0.5, 0.6) is 0 Å². The molecule has 3 rings (SSSR count). The standard InChI is InChI=1S/C18H21N3O2S/c1-4-20(5-2)18-16-8-6-7-9-17(16)21(19-18)24(22,23)15-12-10-14(3)11-13-15/h6-13H,4-5H2,1-3H3. The number of nitrogens with zero attached hydrogens (tertiary/aromatic N) is 3. The molecular formula is C18H21N3O2S. The van der Waals surface area contributed by atoms with Crippen LogP contribution >= 0.6 is 0 Å². The van der Waals surface area contributed by atoms with Crippen LogP contribution in [0.15, 0.2) is 53.4 Å². The summed E-state index contributed by atoms with van der Waals surface area (Å²) >= 11 is 0. The van der Waals surface area contributed by atoms with Gasteiger partial charge < -0.3 is 4.90 Å². The second-order valence-corrected chi connectivity index (χ2v) is 7.44. The summed E-state index contributed by atoms with van der Waals surface area (Å²) in [6, 6.07) is 14.3. The second-order valence-electron chi connectivity index (χ2n) is 5.67. The number of aryl methyl sites for hydroxylation is 1. The van der Waals surface area contributed by atoms with Gasteiger partial charge in [-0.15, -0.1) is 5.10 Å². The Balaban J connectivity index is 2.24. The first-order chi connectivity index (χ1) is 11.5. The summed E-state index contributed by atoms with van der Waals surface area (Å²) in [5.74, 6) is 0.700. The van der Waals surface area contributed by atoms with E-state index < -0.39 is 10.0 Å². The van der Waals surface area contributed by atoms with Crippen molar-refractivity contribution >= 4 is 26.7 Å². The van der Waals surface area contributed by atoms with Crippen molar-refractivity contribution in [3.05, 3.63) is 54.1 Å². The number of para-hydroxylation sites is 1. The van der Waals surface area contributed by atoms with Crippen LogP contribution in [0.25, 0.3) is 10.9 Å². The third kappa shape index (κ3) is 2.67. The topological polar surface area (TPSA) is 55.2 Å². The van der Waals surface area contributed by atoms with Crippen LogP contribution in [0.1, 0.15) is 19.4 Å². The van der Waals surface area contributed by atoms with E-state index in [2.05, 4.69) is 10.00 Å². The first-order valence-electron chi connectivity index (χ1n) is 8.04. The third-order valence-electron chi connectivity index (χ3n) is 4.15. The quantitative estimate of drug-likeness (QED) is 0.712. The SMILES string of the molecule is CCN(CC)c1nn(S(=O)(=O)c2ccc(C)cc2)c2ccccc12.